The van der Waals surface area contributed by atoms with E-state index in [1.165, 1.54) is 0 Å². The molecule has 0 bridgehead atoms. The second-order valence-electron chi connectivity index (χ2n) is 1.22. The number of halogens is 1. The molecule has 1 saturated heterocycles. The molecular weight excluding hydrogens is 103 g/mol. The van der Waals surface area contributed by atoms with E-state index in [2.05, 4.69) is 4.74 Å². The van der Waals surface area contributed by atoms with E-state index in [9.17, 15) is 0 Å². The minimum Gasteiger partial charge on any atom is -0.366 e. The molecule has 1 N–H and O–H groups in total. The van der Waals surface area contributed by atoms with Gasteiger partial charge in [0.25, 0.3) is 0 Å². The fourth-order valence-corrected chi connectivity index (χ4v) is 0.471. The van der Waals surface area contributed by atoms with E-state index in [1.54, 1.807) is 0 Å². The van der Waals surface area contributed by atoms with Gasteiger partial charge in [0.1, 0.15) is 6.10 Å². The summed E-state index contributed by atoms with van der Waals surface area (Å²) in [5.74, 6) is 0.404. The van der Waals surface area contributed by atoms with Gasteiger partial charge in [-0.15, -0.1) is 11.6 Å². The Bertz CT molecular complexity index is 54.8. The number of hydrogen-bond acceptors (Lipinski definition) is 2. The molecule has 0 radical (unpaired) electrons. The third-order valence-electron chi connectivity index (χ3n) is 0.708. The van der Waals surface area contributed by atoms with Crippen LogP contribution in [0, 0.1) is 0 Å². The van der Waals surface area contributed by atoms with E-state index in [4.69, 9.17) is 16.7 Å². The molecule has 2 unspecified atom stereocenters. The Balaban J connectivity index is 2.09. The topological polar surface area (TPSA) is 32.8 Å². The lowest BCUT2D eigenvalue weighted by Gasteiger charge is -1.69. The lowest BCUT2D eigenvalue weighted by molar-refractivity contribution is 0.156. The minimum absolute atomic E-state index is 0.0772. The predicted molar refractivity (Wildman–Crippen MR) is 21.6 cm³/mol. The number of hydrogen-bond donors (Lipinski definition) is 1. The Morgan fingerprint density at radius 2 is 2.33 bits per heavy atom. The van der Waals surface area contributed by atoms with Crippen molar-refractivity contribution in [1.82, 2.24) is 0 Å². The van der Waals surface area contributed by atoms with Crippen LogP contribution in [0.2, 0.25) is 0 Å². The van der Waals surface area contributed by atoms with Crippen LogP contribution in [0.4, 0.5) is 0 Å². The average molecular weight is 109 g/mol. The van der Waals surface area contributed by atoms with Crippen LogP contribution >= 0.6 is 11.6 Å². The molecule has 0 aromatic heterocycles. The van der Waals surface area contributed by atoms with Crippen molar-refractivity contribution in [2.24, 2.45) is 0 Å². The minimum atomic E-state index is -0.567. The van der Waals surface area contributed by atoms with Gasteiger partial charge in [-0.25, -0.2) is 0 Å². The molecule has 1 aliphatic rings. The molecule has 1 fully saturated rings. The van der Waals surface area contributed by atoms with E-state index in [0.29, 0.717) is 5.88 Å². The Morgan fingerprint density at radius 1 is 1.83 bits per heavy atom. The van der Waals surface area contributed by atoms with Gasteiger partial charge in [-0.05, 0) is 0 Å². The van der Waals surface area contributed by atoms with Crippen LogP contribution in [-0.2, 0) is 4.74 Å². The van der Waals surface area contributed by atoms with Gasteiger partial charge in [0.2, 0.25) is 0 Å². The van der Waals surface area contributed by atoms with Crippen molar-refractivity contribution in [2.75, 3.05) is 5.88 Å². The highest BCUT2D eigenvalue weighted by Gasteiger charge is 2.35. The molecule has 0 aromatic rings. The molecule has 0 spiro atoms. The maximum atomic E-state index is 8.32. The summed E-state index contributed by atoms with van der Waals surface area (Å²) in [6.45, 7) is 0. The Morgan fingerprint density at radius 3 is 2.33 bits per heavy atom. The third kappa shape index (κ3) is 0.644. The van der Waals surface area contributed by atoms with E-state index in [0.717, 1.165) is 0 Å². The van der Waals surface area contributed by atoms with E-state index >= 15 is 0 Å². The van der Waals surface area contributed by atoms with Gasteiger partial charge in [0.15, 0.2) is 6.29 Å². The highest BCUT2D eigenvalue weighted by molar-refractivity contribution is 6.18. The second kappa shape index (κ2) is 1.37. The zero-order chi connectivity index (χ0) is 4.57. The van der Waals surface area contributed by atoms with Crippen LogP contribution in [-0.4, -0.2) is 23.4 Å². The van der Waals surface area contributed by atoms with Crippen molar-refractivity contribution < 1.29 is 9.84 Å². The van der Waals surface area contributed by atoms with E-state index < -0.39 is 6.29 Å². The number of aliphatic hydroxyl groups excluding tert-OH is 1. The number of aliphatic hydroxyl groups is 1. The molecule has 1 aliphatic heterocycles. The lowest BCUT2D eigenvalue weighted by Crippen LogP contribution is -1.90. The first-order valence-electron chi connectivity index (χ1n) is 1.74. The average Bonchev–Trinajstić information content (AvgIpc) is 2.19. The smallest absolute Gasteiger partial charge is 0.183 e. The molecule has 36 valence electrons. The first-order valence-corrected chi connectivity index (χ1v) is 2.27. The summed E-state index contributed by atoms with van der Waals surface area (Å²) in [7, 11) is 0. The first kappa shape index (κ1) is 4.37. The molecule has 0 amide bonds. The number of alkyl halides is 1. The third-order valence-corrected chi connectivity index (χ3v) is 1.01. The Hall–Kier alpha value is 0.210. The van der Waals surface area contributed by atoms with Gasteiger partial charge in [0, 0.05) is 0 Å². The Labute approximate surface area is 40.7 Å². The maximum Gasteiger partial charge on any atom is 0.183 e. The van der Waals surface area contributed by atoms with Gasteiger partial charge >= 0.3 is 0 Å². The fraction of sp³-hybridized carbons (Fsp3) is 1.00. The number of rotatable bonds is 1. The van der Waals surface area contributed by atoms with Crippen molar-refractivity contribution >= 4 is 11.6 Å². The molecule has 6 heavy (non-hydrogen) atoms. The van der Waals surface area contributed by atoms with Gasteiger partial charge in [0.05, 0.1) is 5.88 Å². The van der Waals surface area contributed by atoms with Crippen molar-refractivity contribution in [3.8, 4) is 0 Å². The van der Waals surface area contributed by atoms with E-state index in [-0.39, 0.29) is 6.10 Å². The summed E-state index contributed by atoms with van der Waals surface area (Å²) in [6, 6.07) is 0. The summed E-state index contributed by atoms with van der Waals surface area (Å²) in [6.07, 6.45) is -0.644. The van der Waals surface area contributed by atoms with Crippen molar-refractivity contribution in [2.45, 2.75) is 12.4 Å². The summed E-state index contributed by atoms with van der Waals surface area (Å²) in [4.78, 5) is 0. The highest BCUT2D eigenvalue weighted by Crippen LogP contribution is 2.18. The standard InChI is InChI=1S/C3H5ClO2/c4-1-2-3(5)6-2/h2-3,5H,1H2. The summed E-state index contributed by atoms with van der Waals surface area (Å²) < 4.78 is 4.49. The second-order valence-corrected chi connectivity index (χ2v) is 1.53. The first-order chi connectivity index (χ1) is 2.84. The van der Waals surface area contributed by atoms with Gasteiger partial charge in [-0.1, -0.05) is 0 Å². The van der Waals surface area contributed by atoms with Crippen LogP contribution in [0.25, 0.3) is 0 Å². The van der Waals surface area contributed by atoms with Crippen molar-refractivity contribution in [1.29, 1.82) is 0 Å². The molecule has 0 saturated carbocycles. The van der Waals surface area contributed by atoms with Crippen LogP contribution in [0.3, 0.4) is 0 Å². The van der Waals surface area contributed by atoms with Crippen molar-refractivity contribution in [3.05, 3.63) is 0 Å². The predicted octanol–water partition coefficient (Wildman–Crippen LogP) is -0.0576. The maximum absolute atomic E-state index is 8.32. The summed E-state index contributed by atoms with van der Waals surface area (Å²) in [5.41, 5.74) is 0. The zero-order valence-electron chi connectivity index (χ0n) is 3.10. The molecule has 2 atom stereocenters. The molecule has 1 heterocycles. The van der Waals surface area contributed by atoms with Crippen LogP contribution < -0.4 is 0 Å². The lowest BCUT2D eigenvalue weighted by atomic mass is 10.5. The monoisotopic (exact) mass is 108 g/mol. The largest absolute Gasteiger partial charge is 0.366 e. The van der Waals surface area contributed by atoms with Crippen LogP contribution in [0.15, 0.2) is 0 Å². The highest BCUT2D eigenvalue weighted by atomic mass is 35.5. The van der Waals surface area contributed by atoms with Crippen LogP contribution in [0.5, 0.6) is 0 Å². The van der Waals surface area contributed by atoms with Gasteiger partial charge in [-0.2, -0.15) is 0 Å². The van der Waals surface area contributed by atoms with E-state index in [1.807, 2.05) is 0 Å². The molecule has 2 nitrogen and oxygen atoms in total. The molecular formula is C3H5ClO2. The molecule has 0 aliphatic carbocycles. The quantitative estimate of drug-likeness (QED) is 0.377. The van der Waals surface area contributed by atoms with Gasteiger partial charge in [-0.3, -0.25) is 0 Å². The number of ether oxygens (including phenoxy) is 1. The molecule has 1 rings (SSSR count). The zero-order valence-corrected chi connectivity index (χ0v) is 3.85. The molecule has 3 heteroatoms. The van der Waals surface area contributed by atoms with Crippen molar-refractivity contribution in [3.63, 3.8) is 0 Å². The summed E-state index contributed by atoms with van der Waals surface area (Å²) in [5, 5.41) is 8.32. The molecule has 0 aromatic carbocycles. The normalized spacial score (nSPS) is 43.0. The summed E-state index contributed by atoms with van der Waals surface area (Å²) >= 11 is 5.21. The van der Waals surface area contributed by atoms with Gasteiger partial charge < -0.3 is 9.84 Å². The van der Waals surface area contributed by atoms with Crippen LogP contribution in [0.1, 0.15) is 0 Å². The SMILES string of the molecule is OC1OC1CCl. The number of epoxide rings is 1. The fourth-order valence-electron chi connectivity index (χ4n) is 0.246. The Kier molecular flexibility index (Phi) is 0.998.